The van der Waals surface area contributed by atoms with Gasteiger partial charge in [-0.3, -0.25) is 5.10 Å². The van der Waals surface area contributed by atoms with Gasteiger partial charge in [0.05, 0.1) is 6.20 Å². The first-order chi connectivity index (χ1) is 9.91. The Morgan fingerprint density at radius 3 is 2.81 bits per heavy atom. The number of likely N-dealkylation sites (N-methyl/N-ethyl adjacent to an activating group) is 1. The third-order valence-corrected chi connectivity index (χ3v) is 5.57. The molecule has 7 nitrogen and oxygen atoms in total. The molecule has 2 rings (SSSR count). The number of hydrogen-bond acceptors (Lipinski definition) is 5. The van der Waals surface area contributed by atoms with Crippen molar-refractivity contribution in [2.75, 3.05) is 33.2 Å². The van der Waals surface area contributed by atoms with E-state index in [1.807, 2.05) is 20.9 Å². The van der Waals surface area contributed by atoms with Gasteiger partial charge < -0.3 is 10.2 Å². The van der Waals surface area contributed by atoms with Crippen molar-refractivity contribution in [3.8, 4) is 0 Å². The van der Waals surface area contributed by atoms with Gasteiger partial charge in [0, 0.05) is 37.8 Å². The third kappa shape index (κ3) is 4.03. The van der Waals surface area contributed by atoms with Gasteiger partial charge >= 0.3 is 0 Å². The van der Waals surface area contributed by atoms with Crippen molar-refractivity contribution in [1.29, 1.82) is 0 Å². The molecule has 0 amide bonds. The average molecular weight is 315 g/mol. The molecular formula is C13H25N5O2S. The molecule has 0 bridgehead atoms. The summed E-state index contributed by atoms with van der Waals surface area (Å²) < 4.78 is 27.1. The van der Waals surface area contributed by atoms with Crippen LogP contribution in [0.1, 0.15) is 25.8 Å². The number of rotatable bonds is 5. The summed E-state index contributed by atoms with van der Waals surface area (Å²) in [4.78, 5) is 2.16. The van der Waals surface area contributed by atoms with Crippen LogP contribution in [-0.2, 0) is 16.6 Å². The summed E-state index contributed by atoms with van der Waals surface area (Å²) in [7, 11) is -1.48. The summed E-state index contributed by atoms with van der Waals surface area (Å²) in [5, 5.41) is 10.0. The first kappa shape index (κ1) is 16.4. The summed E-state index contributed by atoms with van der Waals surface area (Å²) in [5.41, 5.74) is 0.696. The molecule has 2 heterocycles. The third-order valence-electron chi connectivity index (χ3n) is 3.66. The molecule has 0 atom stereocenters. The van der Waals surface area contributed by atoms with Crippen LogP contribution in [0.3, 0.4) is 0 Å². The lowest BCUT2D eigenvalue weighted by molar-refractivity contribution is 0.347. The van der Waals surface area contributed by atoms with Gasteiger partial charge in [-0.05, 0) is 20.0 Å². The highest BCUT2D eigenvalue weighted by atomic mass is 32.2. The van der Waals surface area contributed by atoms with Gasteiger partial charge in [-0.25, -0.2) is 8.42 Å². The van der Waals surface area contributed by atoms with Crippen molar-refractivity contribution in [2.45, 2.75) is 37.9 Å². The molecule has 21 heavy (non-hydrogen) atoms. The zero-order valence-corrected chi connectivity index (χ0v) is 13.8. The maximum Gasteiger partial charge on any atom is 0.260 e. The second kappa shape index (κ2) is 6.87. The van der Waals surface area contributed by atoms with Crippen LogP contribution in [0, 0.1) is 0 Å². The number of sulfonamides is 1. The largest absolute Gasteiger partial charge is 0.310 e. The zero-order valence-electron chi connectivity index (χ0n) is 13.0. The summed E-state index contributed by atoms with van der Waals surface area (Å²) in [6.45, 7) is 7.32. The van der Waals surface area contributed by atoms with Crippen LogP contribution in [0.4, 0.5) is 0 Å². The molecule has 8 heteroatoms. The normalized spacial score (nSPS) is 19.0. The maximum absolute atomic E-state index is 12.8. The zero-order chi connectivity index (χ0) is 15.5. The molecule has 2 N–H and O–H groups in total. The summed E-state index contributed by atoms with van der Waals surface area (Å²) in [6.07, 6.45) is 2.44. The Balaban J connectivity index is 2.17. The fraction of sp³-hybridized carbons (Fsp3) is 0.769. The Kier molecular flexibility index (Phi) is 5.37. The van der Waals surface area contributed by atoms with Gasteiger partial charge in [0.1, 0.15) is 0 Å². The lowest BCUT2D eigenvalue weighted by Gasteiger charge is -2.20. The molecule has 0 spiro atoms. The van der Waals surface area contributed by atoms with E-state index in [0.29, 0.717) is 31.2 Å². The van der Waals surface area contributed by atoms with Gasteiger partial charge in [-0.1, -0.05) is 13.8 Å². The van der Waals surface area contributed by atoms with E-state index in [4.69, 9.17) is 0 Å². The van der Waals surface area contributed by atoms with Crippen molar-refractivity contribution in [1.82, 2.24) is 24.7 Å². The van der Waals surface area contributed by atoms with Crippen molar-refractivity contribution < 1.29 is 8.42 Å². The minimum absolute atomic E-state index is 0.222. The van der Waals surface area contributed by atoms with E-state index in [-0.39, 0.29) is 5.03 Å². The molecule has 120 valence electrons. The predicted octanol–water partition coefficient (Wildman–Crippen LogP) is 0.234. The van der Waals surface area contributed by atoms with Crippen LogP contribution < -0.4 is 5.32 Å². The van der Waals surface area contributed by atoms with E-state index in [1.54, 1.807) is 10.5 Å². The number of H-pyrrole nitrogens is 1. The van der Waals surface area contributed by atoms with Crippen LogP contribution in [0.5, 0.6) is 0 Å². The Hall–Kier alpha value is -0.960. The number of hydrogen-bond donors (Lipinski definition) is 2. The van der Waals surface area contributed by atoms with Crippen molar-refractivity contribution in [3.63, 3.8) is 0 Å². The first-order valence-corrected chi connectivity index (χ1v) is 8.79. The lowest BCUT2D eigenvalue weighted by atomic mass is 10.3. The Bertz CT molecular complexity index is 555. The molecule has 1 aromatic rings. The molecular weight excluding hydrogens is 290 g/mol. The van der Waals surface area contributed by atoms with E-state index in [1.165, 1.54) is 0 Å². The van der Waals surface area contributed by atoms with Crippen molar-refractivity contribution in [3.05, 3.63) is 11.8 Å². The topological polar surface area (TPSA) is 81.3 Å². The van der Waals surface area contributed by atoms with Gasteiger partial charge in [0.2, 0.25) is 0 Å². The SMILES string of the molecule is CC(C)NCc1cn[nH]c1S(=O)(=O)N1CCCN(C)CC1. The van der Waals surface area contributed by atoms with Crippen LogP contribution in [-0.4, -0.2) is 67.1 Å². The molecule has 0 radical (unpaired) electrons. The summed E-state index contributed by atoms with van der Waals surface area (Å²) in [6, 6.07) is 0.294. The van der Waals surface area contributed by atoms with E-state index in [2.05, 4.69) is 20.4 Å². The first-order valence-electron chi connectivity index (χ1n) is 7.35. The minimum Gasteiger partial charge on any atom is -0.310 e. The average Bonchev–Trinajstić information content (AvgIpc) is 2.78. The number of aromatic amines is 1. The number of nitrogens with zero attached hydrogens (tertiary/aromatic N) is 3. The molecule has 0 aliphatic carbocycles. The molecule has 1 aromatic heterocycles. The summed E-state index contributed by atoms with van der Waals surface area (Å²) in [5.74, 6) is 0. The molecule has 1 saturated heterocycles. The highest BCUT2D eigenvalue weighted by Crippen LogP contribution is 2.19. The van der Waals surface area contributed by atoms with Crippen molar-refractivity contribution >= 4 is 10.0 Å². The smallest absolute Gasteiger partial charge is 0.260 e. The van der Waals surface area contributed by atoms with Gasteiger partial charge in [-0.2, -0.15) is 9.40 Å². The van der Waals surface area contributed by atoms with Gasteiger partial charge in [0.15, 0.2) is 5.03 Å². The van der Waals surface area contributed by atoms with Crippen LogP contribution in [0.25, 0.3) is 0 Å². The Morgan fingerprint density at radius 2 is 2.10 bits per heavy atom. The monoisotopic (exact) mass is 315 g/mol. The standard InChI is InChI=1S/C13H25N5O2S/c1-11(2)14-9-12-10-15-16-13(12)21(19,20)18-6-4-5-17(3)7-8-18/h10-11,14H,4-9H2,1-3H3,(H,15,16). The Labute approximate surface area is 126 Å². The second-order valence-corrected chi connectivity index (χ2v) is 7.70. The highest BCUT2D eigenvalue weighted by molar-refractivity contribution is 7.89. The highest BCUT2D eigenvalue weighted by Gasteiger charge is 2.29. The van der Waals surface area contributed by atoms with E-state index in [9.17, 15) is 8.42 Å². The van der Waals surface area contributed by atoms with Gasteiger partial charge in [-0.15, -0.1) is 0 Å². The number of aromatic nitrogens is 2. The van der Waals surface area contributed by atoms with E-state index in [0.717, 1.165) is 19.5 Å². The molecule has 0 saturated carbocycles. The van der Waals surface area contributed by atoms with E-state index >= 15 is 0 Å². The number of nitrogens with one attached hydrogen (secondary N) is 2. The predicted molar refractivity (Wildman–Crippen MR) is 81.4 cm³/mol. The Morgan fingerprint density at radius 1 is 1.33 bits per heavy atom. The molecule has 1 aliphatic rings. The molecule has 1 aliphatic heterocycles. The van der Waals surface area contributed by atoms with Crippen LogP contribution in [0.15, 0.2) is 11.2 Å². The van der Waals surface area contributed by atoms with E-state index < -0.39 is 10.0 Å². The van der Waals surface area contributed by atoms with Crippen LogP contribution in [0.2, 0.25) is 0 Å². The summed E-state index contributed by atoms with van der Waals surface area (Å²) >= 11 is 0. The maximum atomic E-state index is 12.8. The minimum atomic E-state index is -3.50. The molecule has 0 unspecified atom stereocenters. The van der Waals surface area contributed by atoms with Gasteiger partial charge in [0.25, 0.3) is 10.0 Å². The second-order valence-electron chi connectivity index (χ2n) is 5.82. The quantitative estimate of drug-likeness (QED) is 0.813. The fourth-order valence-electron chi connectivity index (χ4n) is 2.35. The fourth-order valence-corrected chi connectivity index (χ4v) is 3.93. The molecule has 0 aromatic carbocycles. The lowest BCUT2D eigenvalue weighted by Crippen LogP contribution is -2.35. The van der Waals surface area contributed by atoms with Crippen LogP contribution >= 0.6 is 0 Å². The van der Waals surface area contributed by atoms with Crippen molar-refractivity contribution in [2.24, 2.45) is 0 Å². The molecule has 1 fully saturated rings.